The lowest BCUT2D eigenvalue weighted by Crippen LogP contribution is -2.25. The Morgan fingerprint density at radius 3 is 2.10 bits per heavy atom. The van der Waals surface area contributed by atoms with Crippen molar-refractivity contribution in [3.63, 3.8) is 0 Å². The van der Waals surface area contributed by atoms with Crippen LogP contribution < -0.4 is 5.69 Å². The van der Waals surface area contributed by atoms with Crippen LogP contribution in [0.5, 0.6) is 0 Å². The zero-order chi connectivity index (χ0) is 21.3. The summed E-state index contributed by atoms with van der Waals surface area (Å²) in [6.45, 7) is 3.52. The van der Waals surface area contributed by atoms with E-state index in [9.17, 15) is 13.2 Å². The summed E-state index contributed by atoms with van der Waals surface area (Å²) >= 11 is 12.1. The van der Waals surface area contributed by atoms with E-state index >= 15 is 0 Å². The van der Waals surface area contributed by atoms with Gasteiger partial charge in [-0.1, -0.05) is 59.6 Å². The Morgan fingerprint density at radius 2 is 1.55 bits per heavy atom. The first-order valence-electron chi connectivity index (χ1n) is 8.88. The Balaban J connectivity index is 2.30. The second-order valence-electron chi connectivity index (χ2n) is 6.85. The molecule has 0 amide bonds. The van der Waals surface area contributed by atoms with E-state index in [1.807, 2.05) is 30.3 Å². The SMILES string of the molecule is CC(C)n1c(S(=O)(=O)c2cc(Cl)cc(Cl)c2)c(C=Cc2ccccc2)n(C)c1=O. The molecule has 0 aliphatic rings. The molecule has 1 heterocycles. The lowest BCUT2D eigenvalue weighted by Gasteiger charge is -2.13. The normalized spacial score (nSPS) is 12.2. The molecule has 1 aromatic heterocycles. The van der Waals surface area contributed by atoms with Gasteiger partial charge in [0.15, 0.2) is 5.03 Å². The summed E-state index contributed by atoms with van der Waals surface area (Å²) < 4.78 is 29.7. The molecule has 0 radical (unpaired) electrons. The molecule has 0 unspecified atom stereocenters. The minimum Gasteiger partial charge on any atom is -0.294 e. The van der Waals surface area contributed by atoms with Gasteiger partial charge in [0, 0.05) is 23.1 Å². The van der Waals surface area contributed by atoms with Crippen molar-refractivity contribution in [2.75, 3.05) is 0 Å². The molecular weight excluding hydrogens is 431 g/mol. The van der Waals surface area contributed by atoms with Crippen LogP contribution in [0.15, 0.2) is 63.2 Å². The van der Waals surface area contributed by atoms with Gasteiger partial charge in [-0.2, -0.15) is 0 Å². The number of nitrogens with zero attached hydrogens (tertiary/aromatic N) is 2. The molecule has 3 rings (SSSR count). The van der Waals surface area contributed by atoms with Gasteiger partial charge in [-0.25, -0.2) is 13.2 Å². The third kappa shape index (κ3) is 4.20. The van der Waals surface area contributed by atoms with Gasteiger partial charge in [-0.15, -0.1) is 0 Å². The fraction of sp³-hybridized carbons (Fsp3) is 0.190. The molecule has 0 aliphatic heterocycles. The topological polar surface area (TPSA) is 61.1 Å². The summed E-state index contributed by atoms with van der Waals surface area (Å²) in [6.07, 6.45) is 3.40. The molecule has 0 spiro atoms. The van der Waals surface area contributed by atoms with Gasteiger partial charge in [-0.05, 0) is 43.7 Å². The molecule has 0 saturated heterocycles. The van der Waals surface area contributed by atoms with Crippen LogP contribution in [0.4, 0.5) is 0 Å². The zero-order valence-electron chi connectivity index (χ0n) is 16.1. The molecule has 0 bridgehead atoms. The van der Waals surface area contributed by atoms with E-state index in [0.29, 0.717) is 0 Å². The molecule has 8 heteroatoms. The smallest absolute Gasteiger partial charge is 0.294 e. The molecule has 0 N–H and O–H groups in total. The van der Waals surface area contributed by atoms with Crippen LogP contribution in [-0.2, 0) is 16.9 Å². The number of hydrogen-bond acceptors (Lipinski definition) is 3. The van der Waals surface area contributed by atoms with Crippen LogP contribution >= 0.6 is 23.2 Å². The minimum atomic E-state index is -4.07. The molecule has 2 aromatic carbocycles. The zero-order valence-corrected chi connectivity index (χ0v) is 18.5. The number of hydrogen-bond donors (Lipinski definition) is 0. The second kappa shape index (κ2) is 8.22. The monoisotopic (exact) mass is 450 g/mol. The van der Waals surface area contributed by atoms with E-state index in [-0.39, 0.29) is 31.7 Å². The molecule has 5 nitrogen and oxygen atoms in total. The van der Waals surface area contributed by atoms with Crippen LogP contribution in [0.25, 0.3) is 12.2 Å². The highest BCUT2D eigenvalue weighted by molar-refractivity contribution is 7.91. The number of halogens is 2. The van der Waals surface area contributed by atoms with Crippen molar-refractivity contribution in [3.05, 3.63) is 80.3 Å². The van der Waals surface area contributed by atoms with Crippen molar-refractivity contribution in [1.82, 2.24) is 9.13 Å². The molecule has 0 aliphatic carbocycles. The first-order valence-corrected chi connectivity index (χ1v) is 11.1. The molecular formula is C21H20Cl2N2O3S. The number of sulfone groups is 1. The Bertz CT molecular complexity index is 1220. The fourth-order valence-corrected chi connectivity index (χ4v) is 5.53. The van der Waals surface area contributed by atoms with Crippen molar-refractivity contribution < 1.29 is 8.42 Å². The van der Waals surface area contributed by atoms with Crippen LogP contribution in [0, 0.1) is 0 Å². The van der Waals surface area contributed by atoms with Gasteiger partial charge >= 0.3 is 5.69 Å². The van der Waals surface area contributed by atoms with Crippen molar-refractivity contribution in [3.8, 4) is 0 Å². The van der Waals surface area contributed by atoms with E-state index in [0.717, 1.165) is 5.56 Å². The van der Waals surface area contributed by atoms with Gasteiger partial charge < -0.3 is 0 Å². The first kappa shape index (κ1) is 21.4. The number of imidazole rings is 1. The van der Waals surface area contributed by atoms with E-state index in [2.05, 4.69) is 0 Å². The highest BCUT2D eigenvalue weighted by Crippen LogP contribution is 2.30. The molecule has 0 saturated carbocycles. The molecule has 0 atom stereocenters. The number of rotatable bonds is 5. The third-order valence-electron chi connectivity index (χ3n) is 4.44. The average Bonchev–Trinajstić information content (AvgIpc) is 2.92. The largest absolute Gasteiger partial charge is 0.329 e. The first-order chi connectivity index (χ1) is 13.6. The van der Waals surface area contributed by atoms with E-state index in [4.69, 9.17) is 23.2 Å². The predicted octanol–water partition coefficient (Wildman–Crippen LogP) is 5.08. The van der Waals surface area contributed by atoms with E-state index in [1.165, 1.54) is 27.3 Å². The molecule has 152 valence electrons. The molecule has 0 fully saturated rings. The lowest BCUT2D eigenvalue weighted by atomic mass is 10.2. The van der Waals surface area contributed by atoms with Crippen LogP contribution in [0.2, 0.25) is 10.0 Å². The van der Waals surface area contributed by atoms with Crippen molar-refractivity contribution in [2.45, 2.75) is 29.8 Å². The van der Waals surface area contributed by atoms with Crippen molar-refractivity contribution >= 4 is 45.2 Å². The summed E-state index contributed by atoms with van der Waals surface area (Å²) in [5, 5.41) is 0.309. The second-order valence-corrected chi connectivity index (χ2v) is 9.59. The van der Waals surface area contributed by atoms with Crippen LogP contribution in [0.3, 0.4) is 0 Å². The van der Waals surface area contributed by atoms with E-state index in [1.54, 1.807) is 33.0 Å². The minimum absolute atomic E-state index is 0.0654. The Kier molecular flexibility index (Phi) is 6.08. The Labute approximate surface area is 179 Å². The van der Waals surface area contributed by atoms with Gasteiger partial charge in [0.1, 0.15) is 0 Å². The summed E-state index contributed by atoms with van der Waals surface area (Å²) in [6, 6.07) is 13.2. The maximum atomic E-state index is 13.5. The summed E-state index contributed by atoms with van der Waals surface area (Å²) in [4.78, 5) is 12.8. The van der Waals surface area contributed by atoms with Crippen molar-refractivity contribution in [1.29, 1.82) is 0 Å². The molecule has 3 aromatic rings. The maximum Gasteiger partial charge on any atom is 0.329 e. The molecule has 29 heavy (non-hydrogen) atoms. The quantitative estimate of drug-likeness (QED) is 0.544. The van der Waals surface area contributed by atoms with Gasteiger partial charge in [0.2, 0.25) is 9.84 Å². The van der Waals surface area contributed by atoms with E-state index < -0.39 is 15.5 Å². The highest BCUT2D eigenvalue weighted by atomic mass is 35.5. The maximum absolute atomic E-state index is 13.5. The van der Waals surface area contributed by atoms with Gasteiger partial charge in [0.05, 0.1) is 10.6 Å². The number of aromatic nitrogens is 2. The Morgan fingerprint density at radius 1 is 0.966 bits per heavy atom. The van der Waals surface area contributed by atoms with Gasteiger partial charge in [0.25, 0.3) is 0 Å². The number of benzene rings is 2. The van der Waals surface area contributed by atoms with Gasteiger partial charge in [-0.3, -0.25) is 9.13 Å². The summed E-state index contributed by atoms with van der Waals surface area (Å²) in [5.41, 5.74) is 0.745. The Hall–Kier alpha value is -2.28. The van der Waals surface area contributed by atoms with Crippen LogP contribution in [0.1, 0.15) is 31.1 Å². The standard InChI is InChI=1S/C21H20Cl2N2O3S/c1-14(2)25-20(29(27,28)18-12-16(22)11-17(23)13-18)19(24(3)21(25)26)10-9-15-7-5-4-6-8-15/h4-14H,1-3H3. The highest BCUT2D eigenvalue weighted by Gasteiger charge is 2.31. The summed E-state index contributed by atoms with van der Waals surface area (Å²) in [7, 11) is -2.52. The summed E-state index contributed by atoms with van der Waals surface area (Å²) in [5.74, 6) is 0. The van der Waals surface area contributed by atoms with Crippen molar-refractivity contribution in [2.24, 2.45) is 7.05 Å². The predicted molar refractivity (Wildman–Crippen MR) is 117 cm³/mol. The third-order valence-corrected chi connectivity index (χ3v) is 6.65. The average molecular weight is 451 g/mol. The van der Waals surface area contributed by atoms with Crippen LogP contribution in [-0.4, -0.2) is 17.6 Å². The fourth-order valence-electron chi connectivity index (χ4n) is 3.06. The lowest BCUT2D eigenvalue weighted by molar-refractivity contribution is 0.514.